The Hall–Kier alpha value is -2.36. The minimum absolute atomic E-state index is 0.0601. The van der Waals surface area contributed by atoms with Crippen LogP contribution in [0.15, 0.2) is 53.4 Å². The summed E-state index contributed by atoms with van der Waals surface area (Å²) >= 11 is 6.96. The molecule has 0 aliphatic carbocycles. The maximum Gasteiger partial charge on any atom is 0.446 e. The van der Waals surface area contributed by atoms with Gasteiger partial charge in [0.15, 0.2) is 0 Å². The van der Waals surface area contributed by atoms with Crippen LogP contribution in [-0.2, 0) is 36.4 Å². The lowest BCUT2D eigenvalue weighted by atomic mass is 10.1. The SMILES string of the molecule is O=C(O)[C@H](Cc1ccc(OS(=O)(=O)O)cc1)NC(=O)[C@@H]1SCCN1S(=O)(=O)c1cccc(Cl)c1. The minimum Gasteiger partial charge on any atom is -0.480 e. The highest BCUT2D eigenvalue weighted by Gasteiger charge is 2.41. The van der Waals surface area contributed by atoms with Crippen LogP contribution in [0.2, 0.25) is 5.02 Å². The lowest BCUT2D eigenvalue weighted by molar-refractivity contribution is -0.141. The smallest absolute Gasteiger partial charge is 0.446 e. The second kappa shape index (κ2) is 10.5. The number of benzene rings is 2. The van der Waals surface area contributed by atoms with Crippen LogP contribution in [0.1, 0.15) is 5.56 Å². The first-order chi connectivity index (χ1) is 15.9. The predicted molar refractivity (Wildman–Crippen MR) is 123 cm³/mol. The molecule has 34 heavy (non-hydrogen) atoms. The van der Waals surface area contributed by atoms with Crippen LogP contribution in [0.3, 0.4) is 0 Å². The Labute approximate surface area is 205 Å². The molecule has 0 spiro atoms. The minimum atomic E-state index is -4.71. The molecular formula is C19H19ClN2O9S3. The monoisotopic (exact) mass is 550 g/mol. The number of nitrogens with zero attached hydrogens (tertiary/aromatic N) is 1. The van der Waals surface area contributed by atoms with Gasteiger partial charge in [-0.25, -0.2) is 13.2 Å². The van der Waals surface area contributed by atoms with E-state index in [4.69, 9.17) is 16.2 Å². The molecule has 2 aromatic carbocycles. The quantitative estimate of drug-likeness (QED) is 0.388. The summed E-state index contributed by atoms with van der Waals surface area (Å²) in [4.78, 5) is 24.5. The van der Waals surface area contributed by atoms with E-state index in [1.807, 2.05) is 0 Å². The van der Waals surface area contributed by atoms with Crippen LogP contribution < -0.4 is 9.50 Å². The normalized spacial score (nSPS) is 17.8. The summed E-state index contributed by atoms with van der Waals surface area (Å²) in [6.45, 7) is 0.0601. The standard InChI is InChI=1S/C19H19ClN2O9S3/c20-13-2-1-3-15(11-13)33(26,27)22-8-9-32-18(22)17(23)21-16(19(24)25)10-12-4-6-14(7-5-12)31-34(28,29)30/h1-7,11,16,18H,8-10H2,(H,21,23)(H,24,25)(H,28,29,30)/t16-,18-/m0/s1. The first-order valence-corrected chi connectivity index (χ1v) is 13.8. The van der Waals surface area contributed by atoms with E-state index >= 15 is 0 Å². The third-order valence-electron chi connectivity index (χ3n) is 4.66. The van der Waals surface area contributed by atoms with Crippen molar-refractivity contribution in [3.05, 3.63) is 59.1 Å². The topological polar surface area (TPSA) is 167 Å². The van der Waals surface area contributed by atoms with E-state index in [-0.39, 0.29) is 28.6 Å². The Morgan fingerprint density at radius 3 is 2.44 bits per heavy atom. The van der Waals surface area contributed by atoms with Gasteiger partial charge in [0.1, 0.15) is 17.2 Å². The lowest BCUT2D eigenvalue weighted by Gasteiger charge is -2.24. The van der Waals surface area contributed by atoms with Crippen LogP contribution in [0, 0.1) is 0 Å². The van der Waals surface area contributed by atoms with Gasteiger partial charge in [0.25, 0.3) is 0 Å². The first kappa shape index (κ1) is 26.2. The molecule has 1 aliphatic rings. The highest BCUT2D eigenvalue weighted by molar-refractivity contribution is 8.02. The summed E-state index contributed by atoms with van der Waals surface area (Å²) in [5.41, 5.74) is 0.415. The summed E-state index contributed by atoms with van der Waals surface area (Å²) < 4.78 is 61.6. The Morgan fingerprint density at radius 2 is 1.85 bits per heavy atom. The largest absolute Gasteiger partial charge is 0.480 e. The Morgan fingerprint density at radius 1 is 1.18 bits per heavy atom. The number of carbonyl (C=O) groups excluding carboxylic acids is 1. The number of thioether (sulfide) groups is 1. The summed E-state index contributed by atoms with van der Waals surface area (Å²) in [5.74, 6) is -1.98. The molecule has 1 aliphatic heterocycles. The van der Waals surface area contributed by atoms with E-state index in [0.29, 0.717) is 11.3 Å². The van der Waals surface area contributed by atoms with Gasteiger partial charge < -0.3 is 14.6 Å². The fourth-order valence-corrected chi connectivity index (χ4v) is 6.89. The molecule has 0 unspecified atom stereocenters. The molecule has 0 radical (unpaired) electrons. The van der Waals surface area contributed by atoms with Crippen molar-refractivity contribution in [1.82, 2.24) is 9.62 Å². The maximum atomic E-state index is 13.0. The maximum absolute atomic E-state index is 13.0. The van der Waals surface area contributed by atoms with Crippen molar-refractivity contribution in [2.24, 2.45) is 0 Å². The van der Waals surface area contributed by atoms with E-state index < -0.39 is 43.7 Å². The molecule has 184 valence electrons. The number of hydrogen-bond donors (Lipinski definition) is 3. The number of carbonyl (C=O) groups is 2. The van der Waals surface area contributed by atoms with Crippen LogP contribution >= 0.6 is 23.4 Å². The van der Waals surface area contributed by atoms with Gasteiger partial charge in [0, 0.05) is 23.7 Å². The average molecular weight is 551 g/mol. The van der Waals surface area contributed by atoms with E-state index in [9.17, 15) is 31.5 Å². The third-order valence-corrected chi connectivity index (χ3v) is 8.49. The van der Waals surface area contributed by atoms with Gasteiger partial charge in [0.05, 0.1) is 4.90 Å². The second-order valence-corrected chi connectivity index (χ2v) is 11.6. The summed E-state index contributed by atoms with van der Waals surface area (Å²) in [6, 6.07) is 9.36. The zero-order valence-electron chi connectivity index (χ0n) is 17.2. The number of rotatable bonds is 9. The average Bonchev–Trinajstić information content (AvgIpc) is 3.24. The number of amides is 1. The van der Waals surface area contributed by atoms with Gasteiger partial charge in [0.2, 0.25) is 15.9 Å². The molecule has 1 fully saturated rings. The van der Waals surface area contributed by atoms with E-state index in [1.165, 1.54) is 48.5 Å². The zero-order chi connectivity index (χ0) is 25.1. The van der Waals surface area contributed by atoms with Crippen molar-refractivity contribution >= 4 is 55.7 Å². The van der Waals surface area contributed by atoms with Gasteiger partial charge in [-0.15, -0.1) is 11.8 Å². The molecule has 1 amide bonds. The highest BCUT2D eigenvalue weighted by Crippen LogP contribution is 2.31. The van der Waals surface area contributed by atoms with E-state index in [2.05, 4.69) is 9.50 Å². The Balaban J connectivity index is 1.73. The predicted octanol–water partition coefficient (Wildman–Crippen LogP) is 1.40. The molecule has 1 heterocycles. The summed E-state index contributed by atoms with van der Waals surface area (Å²) in [5, 5.41) is 11.0. The molecule has 15 heteroatoms. The van der Waals surface area contributed by atoms with Crippen molar-refractivity contribution in [1.29, 1.82) is 0 Å². The molecule has 0 saturated carbocycles. The Kier molecular flexibility index (Phi) is 8.10. The van der Waals surface area contributed by atoms with Crippen LogP contribution in [0.4, 0.5) is 0 Å². The number of carboxylic acid groups (broad SMARTS) is 1. The van der Waals surface area contributed by atoms with Crippen molar-refractivity contribution in [2.45, 2.75) is 22.7 Å². The molecule has 11 nitrogen and oxygen atoms in total. The van der Waals surface area contributed by atoms with Crippen molar-refractivity contribution in [2.75, 3.05) is 12.3 Å². The third kappa shape index (κ3) is 6.61. The Bertz CT molecular complexity index is 1280. The number of sulfonamides is 1. The zero-order valence-corrected chi connectivity index (χ0v) is 20.4. The number of nitrogens with one attached hydrogen (secondary N) is 1. The van der Waals surface area contributed by atoms with Crippen molar-refractivity contribution in [3.63, 3.8) is 0 Å². The molecule has 0 aromatic heterocycles. The number of aliphatic carboxylic acids is 1. The van der Waals surface area contributed by atoms with Gasteiger partial charge in [-0.2, -0.15) is 12.7 Å². The van der Waals surface area contributed by atoms with Crippen LogP contribution in [-0.4, -0.2) is 66.4 Å². The fourth-order valence-electron chi connectivity index (χ4n) is 3.15. The molecule has 2 aromatic rings. The molecule has 3 rings (SSSR count). The van der Waals surface area contributed by atoms with Gasteiger partial charge in [-0.3, -0.25) is 9.35 Å². The lowest BCUT2D eigenvalue weighted by Crippen LogP contribution is -2.50. The number of carboxylic acids is 1. The number of halogens is 1. The highest BCUT2D eigenvalue weighted by atomic mass is 35.5. The van der Waals surface area contributed by atoms with Gasteiger partial charge in [-0.1, -0.05) is 29.8 Å². The molecule has 3 N–H and O–H groups in total. The fraction of sp³-hybridized carbons (Fsp3) is 0.263. The molecule has 1 saturated heterocycles. The van der Waals surface area contributed by atoms with E-state index in [0.717, 1.165) is 16.1 Å². The summed E-state index contributed by atoms with van der Waals surface area (Å²) in [7, 11) is -8.76. The van der Waals surface area contributed by atoms with E-state index in [1.54, 1.807) is 0 Å². The van der Waals surface area contributed by atoms with Crippen molar-refractivity contribution in [3.8, 4) is 5.75 Å². The number of hydrogen-bond acceptors (Lipinski definition) is 8. The molecule has 2 atom stereocenters. The van der Waals surface area contributed by atoms with Gasteiger partial charge >= 0.3 is 16.4 Å². The molecule has 0 bridgehead atoms. The van der Waals surface area contributed by atoms with Crippen LogP contribution in [0.5, 0.6) is 5.75 Å². The first-order valence-electron chi connectivity index (χ1n) is 9.55. The second-order valence-electron chi connectivity index (χ2n) is 7.05. The molecular weight excluding hydrogens is 532 g/mol. The van der Waals surface area contributed by atoms with Crippen molar-refractivity contribution < 1.29 is 40.3 Å². The van der Waals surface area contributed by atoms with Crippen LogP contribution in [0.25, 0.3) is 0 Å². The summed E-state index contributed by atoms with van der Waals surface area (Å²) in [6.07, 6.45) is -0.175. The van der Waals surface area contributed by atoms with Gasteiger partial charge in [-0.05, 0) is 35.9 Å².